The van der Waals surface area contributed by atoms with E-state index in [1.165, 1.54) is 28.1 Å². The van der Waals surface area contributed by atoms with E-state index in [1.807, 2.05) is 0 Å². The summed E-state index contributed by atoms with van der Waals surface area (Å²) >= 11 is 0. The van der Waals surface area contributed by atoms with Crippen LogP contribution in [0.4, 0.5) is 0 Å². The zero-order valence-corrected chi connectivity index (χ0v) is 10.6. The highest BCUT2D eigenvalue weighted by molar-refractivity contribution is 6.02. The second-order valence-corrected chi connectivity index (χ2v) is 4.53. The van der Waals surface area contributed by atoms with Gasteiger partial charge in [0, 0.05) is 17.1 Å². The van der Waals surface area contributed by atoms with Crippen LogP contribution in [0.25, 0.3) is 5.57 Å². The predicted molar refractivity (Wildman–Crippen MR) is 69.7 cm³/mol. The second-order valence-electron chi connectivity index (χ2n) is 4.53. The zero-order valence-electron chi connectivity index (χ0n) is 10.6. The molecule has 1 aromatic heterocycles. The molecular formula is C14H18N2. The topological polar surface area (TPSA) is 28.1 Å². The van der Waals surface area contributed by atoms with Gasteiger partial charge in [0.1, 0.15) is 0 Å². The van der Waals surface area contributed by atoms with Crippen molar-refractivity contribution in [2.24, 2.45) is 4.99 Å². The maximum absolute atomic E-state index is 4.57. The summed E-state index contributed by atoms with van der Waals surface area (Å²) < 4.78 is 0. The largest absolute Gasteiger partial charge is 0.359 e. The molecule has 0 radical (unpaired) electrons. The molecule has 1 aliphatic rings. The molecule has 16 heavy (non-hydrogen) atoms. The Hall–Kier alpha value is -1.57. The number of aryl methyl sites for hydroxylation is 2. The molecule has 0 fully saturated rings. The molecule has 0 spiro atoms. The van der Waals surface area contributed by atoms with E-state index >= 15 is 0 Å². The van der Waals surface area contributed by atoms with Crippen molar-refractivity contribution < 1.29 is 0 Å². The van der Waals surface area contributed by atoms with E-state index in [1.54, 1.807) is 0 Å². The monoisotopic (exact) mass is 214 g/mol. The van der Waals surface area contributed by atoms with Gasteiger partial charge in [-0.05, 0) is 63.5 Å². The van der Waals surface area contributed by atoms with E-state index in [9.17, 15) is 0 Å². The van der Waals surface area contributed by atoms with Gasteiger partial charge < -0.3 is 4.98 Å². The highest BCUT2D eigenvalue weighted by Crippen LogP contribution is 2.26. The zero-order chi connectivity index (χ0) is 11.9. The van der Waals surface area contributed by atoms with Gasteiger partial charge in [0.05, 0.1) is 5.70 Å². The summed E-state index contributed by atoms with van der Waals surface area (Å²) in [6.07, 6.45) is 2.15. The average molecular weight is 214 g/mol. The number of nitrogens with zero attached hydrogens (tertiary/aromatic N) is 1. The van der Waals surface area contributed by atoms with E-state index in [0.717, 1.165) is 11.4 Å². The Balaban J connectivity index is 2.47. The molecule has 1 N–H and O–H groups in total. The predicted octanol–water partition coefficient (Wildman–Crippen LogP) is 3.78. The first-order chi connectivity index (χ1) is 7.49. The van der Waals surface area contributed by atoms with Crippen LogP contribution < -0.4 is 0 Å². The third-order valence-electron chi connectivity index (χ3n) is 3.27. The number of allylic oxidation sites excluding steroid dienone is 3. The summed E-state index contributed by atoms with van der Waals surface area (Å²) in [4.78, 5) is 7.96. The highest BCUT2D eigenvalue weighted by atomic mass is 14.8. The summed E-state index contributed by atoms with van der Waals surface area (Å²) in [6.45, 7) is 10.5. The molecule has 2 heteroatoms. The van der Waals surface area contributed by atoms with Gasteiger partial charge in [-0.15, -0.1) is 0 Å². The van der Waals surface area contributed by atoms with Crippen molar-refractivity contribution in [1.82, 2.24) is 4.98 Å². The van der Waals surface area contributed by atoms with Crippen molar-refractivity contribution in [2.75, 3.05) is 0 Å². The van der Waals surface area contributed by atoms with Gasteiger partial charge in [-0.1, -0.05) is 0 Å². The van der Waals surface area contributed by atoms with Crippen molar-refractivity contribution in [3.63, 3.8) is 0 Å². The number of H-pyrrole nitrogens is 1. The van der Waals surface area contributed by atoms with Crippen molar-refractivity contribution >= 4 is 11.3 Å². The van der Waals surface area contributed by atoms with Gasteiger partial charge in [0.15, 0.2) is 0 Å². The quantitative estimate of drug-likeness (QED) is 0.737. The van der Waals surface area contributed by atoms with Crippen molar-refractivity contribution in [1.29, 1.82) is 0 Å². The van der Waals surface area contributed by atoms with E-state index < -0.39 is 0 Å². The number of hydrogen-bond donors (Lipinski definition) is 1. The molecule has 84 valence electrons. The van der Waals surface area contributed by atoms with Crippen LogP contribution in [0.15, 0.2) is 28.4 Å². The fourth-order valence-corrected chi connectivity index (χ4v) is 1.80. The van der Waals surface area contributed by atoms with Crippen LogP contribution in [0.1, 0.15) is 37.7 Å². The average Bonchev–Trinajstić information content (AvgIpc) is 2.72. The van der Waals surface area contributed by atoms with Gasteiger partial charge in [-0.25, -0.2) is 0 Å². The SMILES string of the molecule is CC1=C/C(=C(\C)c2cc(C)c(C)[nH]2)N=C1C. The van der Waals surface area contributed by atoms with Crippen LogP contribution in [0, 0.1) is 13.8 Å². The van der Waals surface area contributed by atoms with Crippen LogP contribution >= 0.6 is 0 Å². The summed E-state index contributed by atoms with van der Waals surface area (Å²) in [5, 5.41) is 0. The standard InChI is InChI=1S/C14H18N2/c1-8-6-13(15-11(8)4)10(3)14-7-9(2)12(5)16-14/h6-7,15H,1-5H3/b14-10-. The molecule has 0 amide bonds. The van der Waals surface area contributed by atoms with E-state index in [-0.39, 0.29) is 0 Å². The maximum atomic E-state index is 4.57. The van der Waals surface area contributed by atoms with Crippen molar-refractivity contribution in [3.8, 4) is 0 Å². The fraction of sp³-hybridized carbons (Fsp3) is 0.357. The Bertz CT molecular complexity index is 485. The molecule has 2 rings (SSSR count). The molecular weight excluding hydrogens is 196 g/mol. The van der Waals surface area contributed by atoms with Gasteiger partial charge in [0.25, 0.3) is 0 Å². The molecule has 2 heterocycles. The van der Waals surface area contributed by atoms with E-state index in [4.69, 9.17) is 0 Å². The molecule has 2 nitrogen and oxygen atoms in total. The first kappa shape index (κ1) is 10.9. The van der Waals surface area contributed by atoms with Crippen LogP contribution in [-0.2, 0) is 0 Å². The minimum absolute atomic E-state index is 1.08. The Morgan fingerprint density at radius 3 is 2.31 bits per heavy atom. The highest BCUT2D eigenvalue weighted by Gasteiger charge is 2.11. The molecule has 0 unspecified atom stereocenters. The second kappa shape index (κ2) is 3.78. The summed E-state index contributed by atoms with van der Waals surface area (Å²) in [5.41, 5.74) is 8.38. The Kier molecular flexibility index (Phi) is 2.58. The number of aliphatic imine (C=N–C) groups is 1. The molecule has 1 aromatic rings. The third-order valence-corrected chi connectivity index (χ3v) is 3.27. The lowest BCUT2D eigenvalue weighted by Gasteiger charge is -1.99. The molecule has 0 saturated heterocycles. The van der Waals surface area contributed by atoms with Gasteiger partial charge >= 0.3 is 0 Å². The van der Waals surface area contributed by atoms with Gasteiger partial charge in [-0.2, -0.15) is 0 Å². The van der Waals surface area contributed by atoms with Crippen LogP contribution in [0.3, 0.4) is 0 Å². The summed E-state index contributed by atoms with van der Waals surface area (Å²) in [6, 6.07) is 2.18. The Morgan fingerprint density at radius 1 is 1.19 bits per heavy atom. The number of aromatic nitrogens is 1. The normalized spacial score (nSPS) is 18.6. The van der Waals surface area contributed by atoms with Crippen LogP contribution in [-0.4, -0.2) is 10.7 Å². The summed E-state index contributed by atoms with van der Waals surface area (Å²) in [5.74, 6) is 0. The minimum Gasteiger partial charge on any atom is -0.359 e. The third kappa shape index (κ3) is 1.75. The molecule has 0 atom stereocenters. The van der Waals surface area contributed by atoms with E-state index in [2.05, 4.69) is 56.7 Å². The van der Waals surface area contributed by atoms with Crippen LogP contribution in [0.5, 0.6) is 0 Å². The molecule has 1 aliphatic heterocycles. The number of hydrogen-bond acceptors (Lipinski definition) is 1. The smallest absolute Gasteiger partial charge is 0.0686 e. The molecule has 0 aliphatic carbocycles. The maximum Gasteiger partial charge on any atom is 0.0686 e. The lowest BCUT2D eigenvalue weighted by molar-refractivity contribution is 1.20. The molecule has 0 bridgehead atoms. The fourth-order valence-electron chi connectivity index (χ4n) is 1.80. The molecule has 0 aromatic carbocycles. The van der Waals surface area contributed by atoms with Crippen molar-refractivity contribution in [2.45, 2.75) is 34.6 Å². The number of rotatable bonds is 1. The number of aromatic amines is 1. The Morgan fingerprint density at radius 2 is 1.88 bits per heavy atom. The molecule has 0 saturated carbocycles. The first-order valence-electron chi connectivity index (χ1n) is 5.60. The first-order valence-corrected chi connectivity index (χ1v) is 5.60. The number of nitrogens with one attached hydrogen (secondary N) is 1. The van der Waals surface area contributed by atoms with Gasteiger partial charge in [0.2, 0.25) is 0 Å². The Labute approximate surface area is 96.8 Å². The van der Waals surface area contributed by atoms with Crippen molar-refractivity contribution in [3.05, 3.63) is 40.4 Å². The van der Waals surface area contributed by atoms with E-state index in [0.29, 0.717) is 0 Å². The van der Waals surface area contributed by atoms with Crippen LogP contribution in [0.2, 0.25) is 0 Å². The lowest BCUT2D eigenvalue weighted by Crippen LogP contribution is -1.85. The minimum atomic E-state index is 1.08. The lowest BCUT2D eigenvalue weighted by atomic mass is 10.1. The van der Waals surface area contributed by atoms with Gasteiger partial charge in [-0.3, -0.25) is 4.99 Å². The summed E-state index contributed by atoms with van der Waals surface area (Å²) in [7, 11) is 0.